The van der Waals surface area contributed by atoms with E-state index in [4.69, 9.17) is 4.42 Å². The second-order valence-electron chi connectivity index (χ2n) is 5.86. The van der Waals surface area contributed by atoms with Crippen molar-refractivity contribution in [2.24, 2.45) is 0 Å². The van der Waals surface area contributed by atoms with Crippen LogP contribution in [0.4, 0.5) is 0 Å². The van der Waals surface area contributed by atoms with Crippen LogP contribution < -0.4 is 0 Å². The maximum atomic E-state index is 6.28. The van der Waals surface area contributed by atoms with Crippen molar-refractivity contribution in [3.05, 3.63) is 28.2 Å². The molecule has 98 valence electrons. The first-order valence-electron chi connectivity index (χ1n) is 7.88. The van der Waals surface area contributed by atoms with Crippen LogP contribution in [0.3, 0.4) is 0 Å². The summed E-state index contributed by atoms with van der Waals surface area (Å²) in [7, 11) is 0. The van der Waals surface area contributed by atoms with Crippen LogP contribution in [0, 0.1) is 0 Å². The minimum atomic E-state index is 1.07. The fourth-order valence-electron chi connectivity index (χ4n) is 3.70. The molecular formula is C17H25O+. The summed E-state index contributed by atoms with van der Waals surface area (Å²) >= 11 is 0. The molecule has 0 atom stereocenters. The minimum Gasteiger partial charge on any atom is -0.217 e. The van der Waals surface area contributed by atoms with E-state index in [9.17, 15) is 0 Å². The Hall–Kier alpha value is -0.850. The lowest BCUT2D eigenvalue weighted by Crippen LogP contribution is -2.06. The Bertz CT molecular complexity index is 434. The van der Waals surface area contributed by atoms with Gasteiger partial charge in [-0.2, -0.15) is 0 Å². The smallest absolute Gasteiger partial charge is 0.217 e. The van der Waals surface area contributed by atoms with E-state index >= 15 is 0 Å². The molecule has 0 bridgehead atoms. The number of fused-ring (bicyclic) bond motifs is 3. The van der Waals surface area contributed by atoms with Crippen molar-refractivity contribution >= 4 is 0 Å². The molecule has 18 heavy (non-hydrogen) atoms. The summed E-state index contributed by atoms with van der Waals surface area (Å²) in [6, 6.07) is 0. The van der Waals surface area contributed by atoms with Crippen molar-refractivity contribution in [2.45, 2.75) is 77.6 Å². The molecule has 0 spiro atoms. The first kappa shape index (κ1) is 12.2. The summed E-state index contributed by atoms with van der Waals surface area (Å²) in [4.78, 5) is 0. The van der Waals surface area contributed by atoms with E-state index in [0.717, 1.165) is 6.42 Å². The highest BCUT2D eigenvalue weighted by Gasteiger charge is 2.29. The number of rotatable bonds is 1. The molecule has 2 aliphatic carbocycles. The Labute approximate surface area is 111 Å². The van der Waals surface area contributed by atoms with Crippen molar-refractivity contribution in [3.8, 4) is 0 Å². The van der Waals surface area contributed by atoms with Gasteiger partial charge in [0.25, 0.3) is 0 Å². The lowest BCUT2D eigenvalue weighted by atomic mass is 9.93. The normalized spacial score (nSPS) is 19.6. The van der Waals surface area contributed by atoms with E-state index in [1.165, 1.54) is 75.7 Å². The van der Waals surface area contributed by atoms with Gasteiger partial charge in [-0.1, -0.05) is 19.8 Å². The fourth-order valence-corrected chi connectivity index (χ4v) is 3.70. The summed E-state index contributed by atoms with van der Waals surface area (Å²) in [5.74, 6) is 2.64. The Morgan fingerprint density at radius 1 is 0.722 bits per heavy atom. The third-order valence-electron chi connectivity index (χ3n) is 4.65. The number of hydrogen-bond acceptors (Lipinski definition) is 0. The minimum absolute atomic E-state index is 1.07. The van der Waals surface area contributed by atoms with Gasteiger partial charge in [0.1, 0.15) is 0 Å². The molecule has 1 nitrogen and oxygen atoms in total. The van der Waals surface area contributed by atoms with Crippen molar-refractivity contribution in [2.75, 3.05) is 0 Å². The van der Waals surface area contributed by atoms with Gasteiger partial charge in [-0.25, -0.2) is 4.42 Å². The highest BCUT2D eigenvalue weighted by molar-refractivity contribution is 5.40. The quantitative estimate of drug-likeness (QED) is 0.517. The van der Waals surface area contributed by atoms with Crippen LogP contribution in [-0.2, 0) is 32.1 Å². The number of hydrogen-bond donors (Lipinski definition) is 0. The van der Waals surface area contributed by atoms with Gasteiger partial charge in [-0.3, -0.25) is 0 Å². The largest absolute Gasteiger partial charge is 0.332 e. The molecule has 0 saturated carbocycles. The van der Waals surface area contributed by atoms with Crippen molar-refractivity contribution < 1.29 is 4.42 Å². The molecule has 0 aliphatic heterocycles. The Kier molecular flexibility index (Phi) is 3.67. The first-order valence-corrected chi connectivity index (χ1v) is 7.88. The van der Waals surface area contributed by atoms with E-state index in [0.29, 0.717) is 0 Å². The highest BCUT2D eigenvalue weighted by atomic mass is 16.3. The molecule has 2 aliphatic rings. The van der Waals surface area contributed by atoms with Gasteiger partial charge in [0.2, 0.25) is 0 Å². The maximum absolute atomic E-state index is 6.28. The van der Waals surface area contributed by atoms with Gasteiger partial charge >= 0.3 is 11.5 Å². The topological polar surface area (TPSA) is 11.3 Å². The van der Waals surface area contributed by atoms with Crippen LogP contribution in [0.15, 0.2) is 4.42 Å². The Morgan fingerprint density at radius 2 is 1.33 bits per heavy atom. The monoisotopic (exact) mass is 245 g/mol. The standard InChI is InChI=1S/C17H25O/c1-2-16-14-10-6-3-5-9-13(14)15-11-7-4-8-12-17(15)18-16/h2-12H2,1H3/q+1. The molecule has 0 unspecified atom stereocenters. The van der Waals surface area contributed by atoms with Crippen molar-refractivity contribution in [1.82, 2.24) is 0 Å². The van der Waals surface area contributed by atoms with Gasteiger partial charge in [-0.05, 0) is 50.5 Å². The SMILES string of the molecule is CCc1[o+]c2c(c3c1CCCCC3)CCCCC2. The lowest BCUT2D eigenvalue weighted by molar-refractivity contribution is 0.435. The second kappa shape index (κ2) is 5.42. The van der Waals surface area contributed by atoms with E-state index in [1.54, 1.807) is 16.7 Å². The molecule has 0 radical (unpaired) electrons. The predicted molar refractivity (Wildman–Crippen MR) is 75.0 cm³/mol. The third-order valence-corrected chi connectivity index (χ3v) is 4.65. The van der Waals surface area contributed by atoms with Crippen molar-refractivity contribution in [3.63, 3.8) is 0 Å². The van der Waals surface area contributed by atoms with Crippen LogP contribution >= 0.6 is 0 Å². The summed E-state index contributed by atoms with van der Waals surface area (Å²) in [6.07, 6.45) is 14.3. The fraction of sp³-hybridized carbons (Fsp3) is 0.706. The van der Waals surface area contributed by atoms with E-state index < -0.39 is 0 Å². The molecule has 1 heteroatoms. The molecule has 0 fully saturated rings. The summed E-state index contributed by atoms with van der Waals surface area (Å²) in [6.45, 7) is 2.24. The van der Waals surface area contributed by atoms with Crippen LogP contribution in [0.25, 0.3) is 0 Å². The Morgan fingerprint density at radius 3 is 2.06 bits per heavy atom. The third kappa shape index (κ3) is 2.20. The van der Waals surface area contributed by atoms with Crippen LogP contribution in [0.1, 0.15) is 73.7 Å². The van der Waals surface area contributed by atoms with E-state index in [-0.39, 0.29) is 0 Å². The number of aryl methyl sites for hydroxylation is 2. The zero-order valence-corrected chi connectivity index (χ0v) is 11.7. The molecule has 3 rings (SSSR count). The molecule has 1 aromatic heterocycles. The van der Waals surface area contributed by atoms with E-state index in [1.807, 2.05) is 0 Å². The molecule has 0 amide bonds. The zero-order valence-electron chi connectivity index (χ0n) is 11.7. The van der Waals surface area contributed by atoms with Gasteiger partial charge in [0, 0.05) is 0 Å². The highest BCUT2D eigenvalue weighted by Crippen LogP contribution is 2.33. The second-order valence-corrected chi connectivity index (χ2v) is 5.86. The molecule has 1 heterocycles. The maximum Gasteiger partial charge on any atom is 0.332 e. The summed E-state index contributed by atoms with van der Waals surface area (Å²) in [5.41, 5.74) is 4.91. The van der Waals surface area contributed by atoms with Crippen LogP contribution in [0.5, 0.6) is 0 Å². The van der Waals surface area contributed by atoms with Gasteiger partial charge in [0.05, 0.1) is 24.0 Å². The molecule has 0 saturated heterocycles. The Balaban J connectivity index is 2.13. The predicted octanol–water partition coefficient (Wildman–Crippen LogP) is 4.66. The molecule has 0 N–H and O–H groups in total. The summed E-state index contributed by atoms with van der Waals surface area (Å²) < 4.78 is 6.28. The van der Waals surface area contributed by atoms with Gasteiger partial charge in [-0.15, -0.1) is 0 Å². The first-order chi connectivity index (χ1) is 8.90. The lowest BCUT2D eigenvalue weighted by Gasteiger charge is -2.10. The molecule has 0 aromatic carbocycles. The van der Waals surface area contributed by atoms with E-state index in [2.05, 4.69) is 6.92 Å². The molecular weight excluding hydrogens is 220 g/mol. The summed E-state index contributed by atoms with van der Waals surface area (Å²) in [5, 5.41) is 0. The zero-order chi connectivity index (χ0) is 12.4. The van der Waals surface area contributed by atoms with Gasteiger partial charge in [0.15, 0.2) is 0 Å². The van der Waals surface area contributed by atoms with Crippen LogP contribution in [-0.4, -0.2) is 0 Å². The van der Waals surface area contributed by atoms with Crippen LogP contribution in [0.2, 0.25) is 0 Å². The average molecular weight is 245 g/mol. The van der Waals surface area contributed by atoms with Gasteiger partial charge < -0.3 is 0 Å². The molecule has 1 aromatic rings. The van der Waals surface area contributed by atoms with Crippen molar-refractivity contribution in [1.29, 1.82) is 0 Å². The average Bonchev–Trinajstić information content (AvgIpc) is 2.77.